The van der Waals surface area contributed by atoms with E-state index in [9.17, 15) is 23.2 Å². The topological polar surface area (TPSA) is 103 Å². The highest BCUT2D eigenvalue weighted by Gasteiger charge is 2.20. The zero-order valence-corrected chi connectivity index (χ0v) is 17.9. The monoisotopic (exact) mass is 450 g/mol. The molecule has 2 rings (SSSR count). The summed E-state index contributed by atoms with van der Waals surface area (Å²) in [7, 11) is 2.93. The molecule has 1 atom stereocenters. The Morgan fingerprint density at radius 1 is 1.03 bits per heavy atom. The number of carbonyl (C=O) groups excluding carboxylic acids is 3. The fourth-order valence-electron chi connectivity index (χ4n) is 2.66. The van der Waals surface area contributed by atoms with Gasteiger partial charge in [0.2, 0.25) is 0 Å². The molecule has 0 aliphatic carbocycles. The van der Waals surface area contributed by atoms with E-state index in [1.54, 1.807) is 18.2 Å². The van der Waals surface area contributed by atoms with Gasteiger partial charge in [-0.05, 0) is 37.6 Å². The molecule has 0 bridgehead atoms. The predicted octanol–water partition coefficient (Wildman–Crippen LogP) is 3.06. The third-order valence-electron chi connectivity index (χ3n) is 4.36. The van der Waals surface area contributed by atoms with Crippen LogP contribution < -0.4 is 20.1 Å². The number of esters is 1. The van der Waals surface area contributed by atoms with Crippen molar-refractivity contribution in [3.05, 3.63) is 53.6 Å². The van der Waals surface area contributed by atoms with Crippen molar-refractivity contribution in [1.82, 2.24) is 5.32 Å². The van der Waals surface area contributed by atoms with Gasteiger partial charge in [-0.2, -0.15) is 0 Å². The molecule has 32 heavy (non-hydrogen) atoms. The molecule has 0 aliphatic rings. The number of methoxy groups -OCH3 is 2. The van der Waals surface area contributed by atoms with Gasteiger partial charge in [0.15, 0.2) is 6.10 Å². The van der Waals surface area contributed by atoms with Crippen molar-refractivity contribution in [3.63, 3.8) is 0 Å². The molecule has 0 radical (unpaired) electrons. The second kappa shape index (κ2) is 11.6. The van der Waals surface area contributed by atoms with Crippen LogP contribution in [0.15, 0.2) is 36.4 Å². The normalized spacial score (nSPS) is 11.3. The summed E-state index contributed by atoms with van der Waals surface area (Å²) < 4.78 is 41.9. The smallest absolute Gasteiger partial charge is 0.306 e. The molecule has 0 aliphatic heterocycles. The van der Waals surface area contributed by atoms with Crippen molar-refractivity contribution in [3.8, 4) is 11.5 Å². The van der Waals surface area contributed by atoms with E-state index >= 15 is 0 Å². The Morgan fingerprint density at radius 2 is 1.78 bits per heavy atom. The summed E-state index contributed by atoms with van der Waals surface area (Å²) in [6, 6.07) is 7.48. The average Bonchev–Trinajstić information content (AvgIpc) is 2.76. The third kappa shape index (κ3) is 6.93. The lowest BCUT2D eigenvalue weighted by molar-refractivity contribution is -0.153. The van der Waals surface area contributed by atoms with E-state index < -0.39 is 35.5 Å². The molecule has 2 amide bonds. The molecule has 0 saturated heterocycles. The first kappa shape index (κ1) is 24.6. The summed E-state index contributed by atoms with van der Waals surface area (Å²) >= 11 is 0. The largest absolute Gasteiger partial charge is 0.497 e. The van der Waals surface area contributed by atoms with Gasteiger partial charge < -0.3 is 24.8 Å². The Bertz CT molecular complexity index is 983. The number of nitrogens with one attached hydrogen (secondary N) is 2. The van der Waals surface area contributed by atoms with Gasteiger partial charge in [-0.25, -0.2) is 8.78 Å². The molecular formula is C22H24F2N2O6. The first-order chi connectivity index (χ1) is 15.2. The minimum Gasteiger partial charge on any atom is -0.497 e. The maximum absolute atomic E-state index is 13.6. The number of ether oxygens (including phenoxy) is 3. The number of rotatable bonds is 10. The fourth-order valence-corrected chi connectivity index (χ4v) is 2.66. The van der Waals surface area contributed by atoms with E-state index in [0.29, 0.717) is 23.3 Å². The molecule has 8 nitrogen and oxygen atoms in total. The van der Waals surface area contributed by atoms with Gasteiger partial charge in [-0.15, -0.1) is 0 Å². The van der Waals surface area contributed by atoms with Gasteiger partial charge in [0, 0.05) is 25.1 Å². The molecule has 0 spiro atoms. The van der Waals surface area contributed by atoms with Crippen LogP contribution in [0.4, 0.5) is 14.5 Å². The highest BCUT2D eigenvalue weighted by Crippen LogP contribution is 2.29. The molecule has 0 fully saturated rings. The van der Waals surface area contributed by atoms with Gasteiger partial charge in [-0.3, -0.25) is 14.4 Å². The summed E-state index contributed by atoms with van der Waals surface area (Å²) in [5.74, 6) is -2.79. The van der Waals surface area contributed by atoms with Crippen LogP contribution in [0.5, 0.6) is 11.5 Å². The number of amides is 2. The summed E-state index contributed by atoms with van der Waals surface area (Å²) in [4.78, 5) is 36.2. The van der Waals surface area contributed by atoms with Crippen LogP contribution in [0, 0.1) is 11.6 Å². The quantitative estimate of drug-likeness (QED) is 0.426. The molecule has 2 aromatic rings. The number of carbonyl (C=O) groups is 3. The summed E-state index contributed by atoms with van der Waals surface area (Å²) in [5, 5.41) is 5.04. The zero-order chi connectivity index (χ0) is 23.7. The predicted molar refractivity (Wildman–Crippen MR) is 112 cm³/mol. The second-order valence-electron chi connectivity index (χ2n) is 6.67. The first-order valence-corrected chi connectivity index (χ1v) is 9.70. The first-order valence-electron chi connectivity index (χ1n) is 9.70. The minimum absolute atomic E-state index is 0.0618. The van der Waals surface area contributed by atoms with Crippen molar-refractivity contribution in [1.29, 1.82) is 0 Å². The lowest BCUT2D eigenvalue weighted by atomic mass is 10.2. The molecule has 2 N–H and O–H groups in total. The molecule has 10 heteroatoms. The molecule has 0 saturated carbocycles. The fraction of sp³-hybridized carbons (Fsp3) is 0.318. The van der Waals surface area contributed by atoms with Gasteiger partial charge in [-0.1, -0.05) is 0 Å². The van der Waals surface area contributed by atoms with E-state index in [0.717, 1.165) is 12.1 Å². The average molecular weight is 450 g/mol. The molecule has 172 valence electrons. The van der Waals surface area contributed by atoms with Crippen LogP contribution in [-0.2, 0) is 14.3 Å². The maximum atomic E-state index is 13.6. The summed E-state index contributed by atoms with van der Waals surface area (Å²) in [5.41, 5.74) is 0.0581. The zero-order valence-electron chi connectivity index (χ0n) is 17.9. The highest BCUT2D eigenvalue weighted by atomic mass is 19.1. The van der Waals surface area contributed by atoms with Gasteiger partial charge in [0.1, 0.15) is 23.1 Å². The minimum atomic E-state index is -1.08. The Hall–Kier alpha value is -3.69. The van der Waals surface area contributed by atoms with Crippen LogP contribution in [0.2, 0.25) is 0 Å². The van der Waals surface area contributed by atoms with Crippen LogP contribution in [-0.4, -0.2) is 44.7 Å². The van der Waals surface area contributed by atoms with Crippen molar-refractivity contribution >= 4 is 23.5 Å². The van der Waals surface area contributed by atoms with Crippen molar-refractivity contribution in [2.75, 3.05) is 26.1 Å². The summed E-state index contributed by atoms with van der Waals surface area (Å²) in [6.07, 6.45) is -0.959. The van der Waals surface area contributed by atoms with Crippen molar-refractivity contribution in [2.45, 2.75) is 25.9 Å². The molecular weight excluding hydrogens is 426 g/mol. The number of hydrogen-bond acceptors (Lipinski definition) is 6. The Kier molecular flexibility index (Phi) is 8.94. The Balaban J connectivity index is 1.78. The lowest BCUT2D eigenvalue weighted by Crippen LogP contribution is -2.30. The maximum Gasteiger partial charge on any atom is 0.306 e. The number of hydrogen-bond donors (Lipinski definition) is 2. The van der Waals surface area contributed by atoms with E-state index in [1.807, 2.05) is 0 Å². The van der Waals surface area contributed by atoms with Gasteiger partial charge in [0.25, 0.3) is 11.8 Å². The molecule has 1 unspecified atom stereocenters. The standard InChI is InChI=1S/C22H24F2N2O6/c1-13(21(28)26-18-12-15(30-2)7-9-19(18)31-3)32-20(27)5-4-10-25-22(29)16-8-6-14(23)11-17(16)24/h6-9,11-13H,4-5,10H2,1-3H3,(H,25,29)(H,26,28). The molecule has 0 aromatic heterocycles. The van der Waals surface area contributed by atoms with E-state index in [2.05, 4.69) is 10.6 Å². The van der Waals surface area contributed by atoms with Crippen LogP contribution in [0.1, 0.15) is 30.1 Å². The van der Waals surface area contributed by atoms with Crippen LogP contribution in [0.3, 0.4) is 0 Å². The number of benzene rings is 2. The van der Waals surface area contributed by atoms with Gasteiger partial charge in [0.05, 0.1) is 25.5 Å². The van der Waals surface area contributed by atoms with Crippen LogP contribution >= 0.6 is 0 Å². The van der Waals surface area contributed by atoms with Crippen molar-refractivity contribution < 1.29 is 37.4 Å². The van der Waals surface area contributed by atoms with Crippen molar-refractivity contribution in [2.24, 2.45) is 0 Å². The van der Waals surface area contributed by atoms with E-state index in [4.69, 9.17) is 14.2 Å². The SMILES string of the molecule is COc1ccc(OC)c(NC(=O)C(C)OC(=O)CCCNC(=O)c2ccc(F)cc2F)c1. The number of anilines is 1. The third-order valence-corrected chi connectivity index (χ3v) is 4.36. The van der Waals surface area contributed by atoms with E-state index in [-0.39, 0.29) is 24.9 Å². The number of halogens is 2. The molecule has 2 aromatic carbocycles. The Labute approximate surface area is 183 Å². The Morgan fingerprint density at radius 3 is 2.44 bits per heavy atom. The van der Waals surface area contributed by atoms with Crippen LogP contribution in [0.25, 0.3) is 0 Å². The summed E-state index contributed by atoms with van der Waals surface area (Å²) in [6.45, 7) is 1.48. The second-order valence-corrected chi connectivity index (χ2v) is 6.67. The molecule has 0 heterocycles. The highest BCUT2D eigenvalue weighted by molar-refractivity contribution is 5.96. The van der Waals surface area contributed by atoms with E-state index in [1.165, 1.54) is 21.1 Å². The van der Waals surface area contributed by atoms with Gasteiger partial charge >= 0.3 is 5.97 Å². The lowest BCUT2D eigenvalue weighted by Gasteiger charge is -2.16.